The summed E-state index contributed by atoms with van der Waals surface area (Å²) in [6.07, 6.45) is 0. The van der Waals surface area contributed by atoms with Crippen LogP contribution in [0.5, 0.6) is 5.75 Å². The van der Waals surface area contributed by atoms with E-state index in [0.717, 1.165) is 25.4 Å². The molecule has 0 saturated heterocycles. The molecule has 1 aromatic rings. The van der Waals surface area contributed by atoms with E-state index >= 15 is 0 Å². The zero-order valence-electron chi connectivity index (χ0n) is 10.1. The van der Waals surface area contributed by atoms with E-state index in [0.29, 0.717) is 12.5 Å². The molecule has 1 aliphatic heterocycles. The fourth-order valence-electron chi connectivity index (χ4n) is 2.51. The van der Waals surface area contributed by atoms with Crippen molar-refractivity contribution < 1.29 is 4.74 Å². The van der Waals surface area contributed by atoms with Gasteiger partial charge in [-0.2, -0.15) is 0 Å². The van der Waals surface area contributed by atoms with Crippen molar-refractivity contribution in [3.8, 4) is 5.75 Å². The number of nitrogens with zero attached hydrogens (tertiary/aromatic N) is 1. The number of hydrogen-bond donors (Lipinski definition) is 1. The lowest BCUT2D eigenvalue weighted by Crippen LogP contribution is -2.36. The average molecular weight is 220 g/mol. The summed E-state index contributed by atoms with van der Waals surface area (Å²) in [4.78, 5) is 2.43. The molecule has 2 rings (SSSR count). The Morgan fingerprint density at radius 2 is 2.31 bits per heavy atom. The monoisotopic (exact) mass is 220 g/mol. The number of ether oxygens (including phenoxy) is 1. The van der Waals surface area contributed by atoms with Crippen LogP contribution in [0.3, 0.4) is 0 Å². The first-order valence-corrected chi connectivity index (χ1v) is 5.88. The molecule has 0 fully saturated rings. The Labute approximate surface area is 97.2 Å². The summed E-state index contributed by atoms with van der Waals surface area (Å²) >= 11 is 0. The predicted octanol–water partition coefficient (Wildman–Crippen LogP) is 1.57. The summed E-state index contributed by atoms with van der Waals surface area (Å²) in [6.45, 7) is 6.01. The molecule has 0 spiro atoms. The van der Waals surface area contributed by atoms with Crippen molar-refractivity contribution in [1.82, 2.24) is 4.90 Å². The standard InChI is InChI=1S/C13H20N2O/c1-3-15-8-10-5-4-6-12(16-2)13(10)11(7-14)9-15/h4-6,11H,3,7-9,14H2,1-2H3. The van der Waals surface area contributed by atoms with Crippen LogP contribution < -0.4 is 10.5 Å². The van der Waals surface area contributed by atoms with Gasteiger partial charge in [-0.05, 0) is 18.2 Å². The van der Waals surface area contributed by atoms with Crippen molar-refractivity contribution >= 4 is 0 Å². The molecule has 88 valence electrons. The van der Waals surface area contributed by atoms with Gasteiger partial charge in [-0.25, -0.2) is 0 Å². The van der Waals surface area contributed by atoms with Gasteiger partial charge in [-0.3, -0.25) is 4.90 Å². The summed E-state index contributed by atoms with van der Waals surface area (Å²) in [6, 6.07) is 6.27. The lowest BCUT2D eigenvalue weighted by molar-refractivity contribution is 0.239. The van der Waals surface area contributed by atoms with Gasteiger partial charge in [0, 0.05) is 31.1 Å². The van der Waals surface area contributed by atoms with Crippen LogP contribution >= 0.6 is 0 Å². The molecule has 3 nitrogen and oxygen atoms in total. The topological polar surface area (TPSA) is 38.5 Å². The first-order chi connectivity index (χ1) is 7.80. The van der Waals surface area contributed by atoms with E-state index in [1.165, 1.54) is 11.1 Å². The summed E-state index contributed by atoms with van der Waals surface area (Å²) in [5, 5.41) is 0. The van der Waals surface area contributed by atoms with Crippen molar-refractivity contribution in [2.24, 2.45) is 5.73 Å². The molecule has 0 saturated carbocycles. The third kappa shape index (κ3) is 1.93. The molecular weight excluding hydrogens is 200 g/mol. The molecule has 0 bridgehead atoms. The minimum absolute atomic E-state index is 0.403. The highest BCUT2D eigenvalue weighted by molar-refractivity contribution is 5.44. The summed E-state index contributed by atoms with van der Waals surface area (Å²) < 4.78 is 5.44. The molecule has 1 aliphatic rings. The first-order valence-electron chi connectivity index (χ1n) is 5.88. The molecule has 2 N–H and O–H groups in total. The quantitative estimate of drug-likeness (QED) is 0.840. The fourth-order valence-corrected chi connectivity index (χ4v) is 2.51. The van der Waals surface area contributed by atoms with Gasteiger partial charge in [0.15, 0.2) is 0 Å². The van der Waals surface area contributed by atoms with Gasteiger partial charge >= 0.3 is 0 Å². The molecule has 1 unspecified atom stereocenters. The third-order valence-electron chi connectivity index (χ3n) is 3.39. The third-order valence-corrected chi connectivity index (χ3v) is 3.39. The lowest BCUT2D eigenvalue weighted by atomic mass is 9.89. The van der Waals surface area contributed by atoms with Crippen molar-refractivity contribution in [3.63, 3.8) is 0 Å². The summed E-state index contributed by atoms with van der Waals surface area (Å²) in [7, 11) is 1.73. The van der Waals surface area contributed by atoms with Gasteiger partial charge in [0.25, 0.3) is 0 Å². The first kappa shape index (κ1) is 11.4. The Hall–Kier alpha value is -1.06. The molecule has 3 heteroatoms. The smallest absolute Gasteiger partial charge is 0.122 e. The second kappa shape index (κ2) is 4.85. The molecule has 0 radical (unpaired) electrons. The van der Waals surface area contributed by atoms with Gasteiger partial charge in [-0.1, -0.05) is 19.1 Å². The van der Waals surface area contributed by atoms with Crippen molar-refractivity contribution in [1.29, 1.82) is 0 Å². The molecule has 1 atom stereocenters. The Kier molecular flexibility index (Phi) is 3.46. The van der Waals surface area contributed by atoms with Crippen molar-refractivity contribution in [3.05, 3.63) is 29.3 Å². The van der Waals surface area contributed by atoms with E-state index in [4.69, 9.17) is 10.5 Å². The Morgan fingerprint density at radius 3 is 2.94 bits per heavy atom. The van der Waals surface area contributed by atoms with E-state index < -0.39 is 0 Å². The molecular formula is C13H20N2O. The summed E-state index contributed by atoms with van der Waals surface area (Å²) in [5.41, 5.74) is 8.56. The molecule has 1 heterocycles. The Bertz CT molecular complexity index is 365. The minimum atomic E-state index is 0.403. The maximum Gasteiger partial charge on any atom is 0.122 e. The van der Waals surface area contributed by atoms with Gasteiger partial charge < -0.3 is 10.5 Å². The van der Waals surface area contributed by atoms with Crippen molar-refractivity contribution in [2.45, 2.75) is 19.4 Å². The molecule has 0 aliphatic carbocycles. The highest BCUT2D eigenvalue weighted by atomic mass is 16.5. The van der Waals surface area contributed by atoms with Crippen LogP contribution in [-0.4, -0.2) is 31.6 Å². The number of hydrogen-bond acceptors (Lipinski definition) is 3. The lowest BCUT2D eigenvalue weighted by Gasteiger charge is -2.34. The number of nitrogens with two attached hydrogens (primary N) is 1. The highest BCUT2D eigenvalue weighted by Crippen LogP contribution is 2.34. The molecule has 16 heavy (non-hydrogen) atoms. The Balaban J connectivity index is 2.41. The van der Waals surface area contributed by atoms with Gasteiger partial charge in [0.1, 0.15) is 5.75 Å². The second-order valence-electron chi connectivity index (χ2n) is 4.29. The number of methoxy groups -OCH3 is 1. The van der Waals surface area contributed by atoms with Crippen LogP contribution in [0.1, 0.15) is 24.0 Å². The van der Waals surface area contributed by atoms with Crippen LogP contribution in [-0.2, 0) is 6.54 Å². The van der Waals surface area contributed by atoms with Crippen LogP contribution in [0.4, 0.5) is 0 Å². The predicted molar refractivity (Wildman–Crippen MR) is 65.7 cm³/mol. The van der Waals surface area contributed by atoms with Crippen molar-refractivity contribution in [2.75, 3.05) is 26.7 Å². The maximum atomic E-state index is 5.88. The summed E-state index contributed by atoms with van der Waals surface area (Å²) in [5.74, 6) is 1.39. The average Bonchev–Trinajstić information content (AvgIpc) is 2.36. The number of fused-ring (bicyclic) bond motifs is 1. The van der Waals surface area contributed by atoms with Crippen LogP contribution in [0.15, 0.2) is 18.2 Å². The Morgan fingerprint density at radius 1 is 1.50 bits per heavy atom. The van der Waals surface area contributed by atoms with Gasteiger partial charge in [0.05, 0.1) is 7.11 Å². The fraction of sp³-hybridized carbons (Fsp3) is 0.538. The zero-order chi connectivity index (χ0) is 11.5. The maximum absolute atomic E-state index is 5.88. The van der Waals surface area contributed by atoms with E-state index in [2.05, 4.69) is 24.0 Å². The normalized spacial score (nSPS) is 20.6. The van der Waals surface area contributed by atoms with Gasteiger partial charge in [0.2, 0.25) is 0 Å². The molecule has 0 amide bonds. The molecule has 1 aromatic carbocycles. The van der Waals surface area contributed by atoms with E-state index in [-0.39, 0.29) is 0 Å². The van der Waals surface area contributed by atoms with Crippen LogP contribution in [0.25, 0.3) is 0 Å². The largest absolute Gasteiger partial charge is 0.496 e. The van der Waals surface area contributed by atoms with E-state index in [1.54, 1.807) is 7.11 Å². The number of benzene rings is 1. The molecule has 0 aromatic heterocycles. The van der Waals surface area contributed by atoms with Crippen LogP contribution in [0.2, 0.25) is 0 Å². The minimum Gasteiger partial charge on any atom is -0.496 e. The van der Waals surface area contributed by atoms with E-state index in [9.17, 15) is 0 Å². The SMILES string of the molecule is CCN1Cc2cccc(OC)c2C(CN)C1. The highest BCUT2D eigenvalue weighted by Gasteiger charge is 2.26. The zero-order valence-corrected chi connectivity index (χ0v) is 10.1. The second-order valence-corrected chi connectivity index (χ2v) is 4.29. The number of rotatable bonds is 3. The number of likely N-dealkylation sites (N-methyl/N-ethyl adjacent to an activating group) is 1. The van der Waals surface area contributed by atoms with E-state index in [1.807, 2.05) is 6.07 Å². The van der Waals surface area contributed by atoms with Crippen LogP contribution in [0, 0.1) is 0 Å². The van der Waals surface area contributed by atoms with Gasteiger partial charge in [-0.15, -0.1) is 0 Å².